The summed E-state index contributed by atoms with van der Waals surface area (Å²) >= 11 is 3.83. The first-order valence-corrected chi connectivity index (χ1v) is 8.09. The monoisotopic (exact) mass is 283 g/mol. The van der Waals surface area contributed by atoms with Gasteiger partial charge >= 0.3 is 0 Å². The number of hydrogen-bond acceptors (Lipinski definition) is 3. The van der Waals surface area contributed by atoms with E-state index in [0.717, 1.165) is 25.6 Å². The number of thioether (sulfide) groups is 1. The molecule has 0 radical (unpaired) electrons. The van der Waals surface area contributed by atoms with Crippen molar-refractivity contribution in [3.63, 3.8) is 0 Å². The van der Waals surface area contributed by atoms with E-state index >= 15 is 0 Å². The molecular weight excluding hydrogens is 262 g/mol. The molecule has 0 spiro atoms. The molecule has 2 rings (SSSR count). The average Bonchev–Trinajstić information content (AvgIpc) is 2.81. The standard InChI is InChI=1S/C13H21N3S2/c1-13(2)10-16(6-8-18-13)12(14-3)15-9-11-5-4-7-17-11/h4-5,7H,6,8-10H2,1-3H3,(H,14,15). The van der Waals surface area contributed by atoms with Crippen LogP contribution in [0.4, 0.5) is 0 Å². The zero-order chi connectivity index (χ0) is 13.0. The fourth-order valence-electron chi connectivity index (χ4n) is 2.11. The van der Waals surface area contributed by atoms with Crippen molar-refractivity contribution in [1.82, 2.24) is 10.2 Å². The second-order valence-electron chi connectivity index (χ2n) is 5.01. The van der Waals surface area contributed by atoms with E-state index in [-0.39, 0.29) is 0 Å². The third-order valence-electron chi connectivity index (χ3n) is 2.94. The summed E-state index contributed by atoms with van der Waals surface area (Å²) in [5.41, 5.74) is 0. The number of guanidine groups is 1. The van der Waals surface area contributed by atoms with Crippen molar-refractivity contribution in [3.05, 3.63) is 22.4 Å². The molecule has 5 heteroatoms. The number of hydrogen-bond donors (Lipinski definition) is 1. The van der Waals surface area contributed by atoms with Gasteiger partial charge in [0.1, 0.15) is 0 Å². The van der Waals surface area contributed by atoms with Gasteiger partial charge in [-0.05, 0) is 25.3 Å². The van der Waals surface area contributed by atoms with Crippen molar-refractivity contribution in [3.8, 4) is 0 Å². The van der Waals surface area contributed by atoms with Gasteiger partial charge in [-0.1, -0.05) is 6.07 Å². The van der Waals surface area contributed by atoms with E-state index < -0.39 is 0 Å². The molecule has 1 N–H and O–H groups in total. The quantitative estimate of drug-likeness (QED) is 0.668. The van der Waals surface area contributed by atoms with Gasteiger partial charge in [-0.25, -0.2) is 0 Å². The molecule has 1 aromatic heterocycles. The number of nitrogens with one attached hydrogen (secondary N) is 1. The van der Waals surface area contributed by atoms with Crippen LogP contribution in [0.25, 0.3) is 0 Å². The summed E-state index contributed by atoms with van der Waals surface area (Å²) in [6.45, 7) is 7.61. The fraction of sp³-hybridized carbons (Fsp3) is 0.615. The summed E-state index contributed by atoms with van der Waals surface area (Å²) in [5.74, 6) is 2.20. The Morgan fingerprint density at radius 1 is 1.56 bits per heavy atom. The van der Waals surface area contributed by atoms with Crippen LogP contribution < -0.4 is 5.32 Å². The predicted octanol–water partition coefficient (Wildman–Crippen LogP) is 2.65. The van der Waals surface area contributed by atoms with Crippen LogP contribution in [0.2, 0.25) is 0 Å². The van der Waals surface area contributed by atoms with E-state index in [1.807, 2.05) is 18.8 Å². The summed E-state index contributed by atoms with van der Waals surface area (Å²) in [6, 6.07) is 4.24. The minimum Gasteiger partial charge on any atom is -0.351 e. The highest BCUT2D eigenvalue weighted by atomic mass is 32.2. The van der Waals surface area contributed by atoms with Gasteiger partial charge < -0.3 is 10.2 Å². The van der Waals surface area contributed by atoms with E-state index in [1.54, 1.807) is 11.3 Å². The fourth-order valence-corrected chi connectivity index (χ4v) is 3.86. The van der Waals surface area contributed by atoms with Crippen LogP contribution in [0.3, 0.4) is 0 Å². The van der Waals surface area contributed by atoms with E-state index in [4.69, 9.17) is 0 Å². The lowest BCUT2D eigenvalue weighted by molar-refractivity contribution is 0.376. The van der Waals surface area contributed by atoms with Crippen LogP contribution in [0.15, 0.2) is 22.5 Å². The second kappa shape index (κ2) is 5.97. The molecule has 1 aliphatic rings. The molecule has 1 aromatic rings. The largest absolute Gasteiger partial charge is 0.351 e. The number of rotatable bonds is 2. The summed E-state index contributed by atoms with van der Waals surface area (Å²) in [4.78, 5) is 8.12. The third-order valence-corrected chi connectivity index (χ3v) is 5.11. The molecule has 0 amide bonds. The number of aliphatic imine (C=N–C) groups is 1. The second-order valence-corrected chi connectivity index (χ2v) is 7.84. The van der Waals surface area contributed by atoms with Gasteiger partial charge in [0.25, 0.3) is 0 Å². The summed E-state index contributed by atoms with van der Waals surface area (Å²) in [5, 5.41) is 5.57. The molecule has 1 aliphatic heterocycles. The van der Waals surface area contributed by atoms with Crippen molar-refractivity contribution in [2.24, 2.45) is 4.99 Å². The van der Waals surface area contributed by atoms with Gasteiger partial charge in [0.2, 0.25) is 0 Å². The summed E-state index contributed by atoms with van der Waals surface area (Å²) < 4.78 is 0.318. The maximum Gasteiger partial charge on any atom is 0.194 e. The van der Waals surface area contributed by atoms with Crippen LogP contribution in [-0.4, -0.2) is 41.5 Å². The highest BCUT2D eigenvalue weighted by Gasteiger charge is 2.28. The Balaban J connectivity index is 1.92. The number of nitrogens with zero attached hydrogens (tertiary/aromatic N) is 2. The zero-order valence-electron chi connectivity index (χ0n) is 11.3. The molecule has 0 aliphatic carbocycles. The Kier molecular flexibility index (Phi) is 4.56. The molecule has 0 bridgehead atoms. The molecule has 1 saturated heterocycles. The van der Waals surface area contributed by atoms with Crippen LogP contribution in [0, 0.1) is 0 Å². The average molecular weight is 283 g/mol. The van der Waals surface area contributed by atoms with E-state index in [2.05, 4.69) is 46.6 Å². The Morgan fingerprint density at radius 3 is 3.00 bits per heavy atom. The minimum atomic E-state index is 0.318. The van der Waals surface area contributed by atoms with E-state index in [1.165, 1.54) is 10.6 Å². The Bertz CT molecular complexity index is 398. The first kappa shape index (κ1) is 13.7. The van der Waals surface area contributed by atoms with Gasteiger partial charge in [-0.2, -0.15) is 11.8 Å². The first-order chi connectivity index (χ1) is 8.61. The topological polar surface area (TPSA) is 27.6 Å². The Morgan fingerprint density at radius 2 is 2.39 bits per heavy atom. The van der Waals surface area contributed by atoms with Crippen LogP contribution >= 0.6 is 23.1 Å². The maximum atomic E-state index is 4.40. The smallest absolute Gasteiger partial charge is 0.194 e. The van der Waals surface area contributed by atoms with Gasteiger partial charge in [0.05, 0.1) is 6.54 Å². The molecular formula is C13H21N3S2. The summed E-state index contributed by atoms with van der Waals surface area (Å²) in [7, 11) is 1.87. The highest BCUT2D eigenvalue weighted by molar-refractivity contribution is 8.00. The van der Waals surface area contributed by atoms with Crippen LogP contribution in [-0.2, 0) is 6.54 Å². The van der Waals surface area contributed by atoms with Crippen molar-refractivity contribution >= 4 is 29.1 Å². The molecule has 18 heavy (non-hydrogen) atoms. The van der Waals surface area contributed by atoms with Gasteiger partial charge in [0.15, 0.2) is 5.96 Å². The van der Waals surface area contributed by atoms with E-state index in [9.17, 15) is 0 Å². The lowest BCUT2D eigenvalue weighted by atomic mass is 10.2. The summed E-state index contributed by atoms with van der Waals surface area (Å²) in [6.07, 6.45) is 0. The lowest BCUT2D eigenvalue weighted by Crippen LogP contribution is -2.50. The Hall–Kier alpha value is -0.680. The minimum absolute atomic E-state index is 0.318. The zero-order valence-corrected chi connectivity index (χ0v) is 12.9. The van der Waals surface area contributed by atoms with Gasteiger partial charge in [-0.3, -0.25) is 4.99 Å². The van der Waals surface area contributed by atoms with Crippen molar-refractivity contribution in [2.75, 3.05) is 25.9 Å². The van der Waals surface area contributed by atoms with E-state index in [0.29, 0.717) is 4.75 Å². The van der Waals surface area contributed by atoms with Crippen molar-refractivity contribution in [2.45, 2.75) is 25.1 Å². The molecule has 0 saturated carbocycles. The molecule has 1 fully saturated rings. The first-order valence-electron chi connectivity index (χ1n) is 6.23. The maximum absolute atomic E-state index is 4.40. The normalized spacial score (nSPS) is 19.9. The predicted molar refractivity (Wildman–Crippen MR) is 82.6 cm³/mol. The van der Waals surface area contributed by atoms with Crippen molar-refractivity contribution < 1.29 is 0 Å². The van der Waals surface area contributed by atoms with Crippen LogP contribution in [0.1, 0.15) is 18.7 Å². The lowest BCUT2D eigenvalue weighted by Gasteiger charge is -2.39. The molecule has 0 atom stereocenters. The number of thiophene rings is 1. The molecule has 100 valence electrons. The molecule has 2 heterocycles. The molecule has 0 aromatic carbocycles. The molecule has 0 unspecified atom stereocenters. The highest BCUT2D eigenvalue weighted by Crippen LogP contribution is 2.29. The Labute approximate surface area is 118 Å². The van der Waals surface area contributed by atoms with Crippen LogP contribution in [0.5, 0.6) is 0 Å². The van der Waals surface area contributed by atoms with Gasteiger partial charge in [0, 0.05) is 35.5 Å². The SMILES string of the molecule is CN=C(NCc1cccs1)N1CCSC(C)(C)C1. The van der Waals surface area contributed by atoms with Crippen molar-refractivity contribution in [1.29, 1.82) is 0 Å². The third kappa shape index (κ3) is 3.65. The van der Waals surface area contributed by atoms with Gasteiger partial charge in [-0.15, -0.1) is 11.3 Å². The molecule has 3 nitrogen and oxygen atoms in total.